The van der Waals surface area contributed by atoms with E-state index in [1.165, 1.54) is 6.20 Å². The number of hydrogen-bond acceptors (Lipinski definition) is 4. The summed E-state index contributed by atoms with van der Waals surface area (Å²) in [5, 5.41) is 2.76. The molecular formula is C12H11BrN4O. The number of rotatable bonds is 3. The SMILES string of the molecule is NNc1ccnc(C(=O)Nc2ccccc2Br)c1. The van der Waals surface area contributed by atoms with Crippen LogP contribution in [0, 0.1) is 0 Å². The molecule has 4 N–H and O–H groups in total. The molecule has 18 heavy (non-hydrogen) atoms. The largest absolute Gasteiger partial charge is 0.324 e. The van der Waals surface area contributed by atoms with Gasteiger partial charge < -0.3 is 10.7 Å². The van der Waals surface area contributed by atoms with Crippen molar-refractivity contribution in [2.45, 2.75) is 0 Å². The van der Waals surface area contributed by atoms with Gasteiger partial charge in [-0.3, -0.25) is 15.6 Å². The Bertz CT molecular complexity index is 574. The van der Waals surface area contributed by atoms with Gasteiger partial charge in [0.15, 0.2) is 0 Å². The third-order valence-corrected chi connectivity index (χ3v) is 2.97. The molecule has 0 saturated heterocycles. The van der Waals surface area contributed by atoms with Gasteiger partial charge in [0.1, 0.15) is 5.69 Å². The standard InChI is InChI=1S/C12H11BrN4O/c13-9-3-1-2-4-10(9)16-12(18)11-7-8(17-14)5-6-15-11/h1-7H,14H2,(H,15,17)(H,16,18). The van der Waals surface area contributed by atoms with Crippen LogP contribution in [0.2, 0.25) is 0 Å². The number of nitrogen functional groups attached to an aromatic ring is 1. The zero-order chi connectivity index (χ0) is 13.0. The van der Waals surface area contributed by atoms with Crippen LogP contribution in [0.5, 0.6) is 0 Å². The molecule has 2 rings (SSSR count). The van der Waals surface area contributed by atoms with Gasteiger partial charge in [-0.2, -0.15) is 0 Å². The second-order valence-electron chi connectivity index (χ2n) is 3.51. The van der Waals surface area contributed by atoms with E-state index in [0.29, 0.717) is 17.1 Å². The summed E-state index contributed by atoms with van der Waals surface area (Å²) in [5.74, 6) is 4.99. The van der Waals surface area contributed by atoms with Crippen molar-refractivity contribution in [2.75, 3.05) is 10.7 Å². The molecule has 0 saturated carbocycles. The molecule has 0 aliphatic rings. The summed E-state index contributed by atoms with van der Waals surface area (Å²) in [7, 11) is 0. The van der Waals surface area contributed by atoms with Crippen molar-refractivity contribution in [1.29, 1.82) is 0 Å². The Labute approximate surface area is 113 Å². The fraction of sp³-hybridized carbons (Fsp3) is 0. The van der Waals surface area contributed by atoms with E-state index in [2.05, 4.69) is 31.7 Å². The molecule has 1 aromatic carbocycles. The maximum absolute atomic E-state index is 12.0. The number of hydrazine groups is 1. The van der Waals surface area contributed by atoms with Crippen molar-refractivity contribution in [3.05, 3.63) is 52.8 Å². The van der Waals surface area contributed by atoms with Crippen molar-refractivity contribution >= 4 is 33.2 Å². The van der Waals surface area contributed by atoms with Crippen molar-refractivity contribution < 1.29 is 4.79 Å². The van der Waals surface area contributed by atoms with Crippen LogP contribution in [0.1, 0.15) is 10.5 Å². The smallest absolute Gasteiger partial charge is 0.274 e. The molecule has 1 heterocycles. The number of para-hydroxylation sites is 1. The number of nitrogens with one attached hydrogen (secondary N) is 2. The number of amides is 1. The third-order valence-electron chi connectivity index (χ3n) is 2.28. The number of hydrogen-bond donors (Lipinski definition) is 3. The second kappa shape index (κ2) is 5.61. The lowest BCUT2D eigenvalue weighted by molar-refractivity contribution is 0.102. The number of anilines is 2. The molecule has 5 nitrogen and oxygen atoms in total. The lowest BCUT2D eigenvalue weighted by atomic mass is 10.2. The van der Waals surface area contributed by atoms with Gasteiger partial charge >= 0.3 is 0 Å². The molecule has 0 atom stereocenters. The van der Waals surface area contributed by atoms with Crippen LogP contribution in [0.4, 0.5) is 11.4 Å². The Balaban J connectivity index is 2.19. The van der Waals surface area contributed by atoms with Crippen molar-refractivity contribution in [3.63, 3.8) is 0 Å². The van der Waals surface area contributed by atoms with Gasteiger partial charge in [0.05, 0.1) is 11.4 Å². The molecule has 1 amide bonds. The monoisotopic (exact) mass is 306 g/mol. The number of carbonyl (C=O) groups excluding carboxylic acids is 1. The predicted octanol–water partition coefficient (Wildman–Crippen LogP) is 2.38. The van der Waals surface area contributed by atoms with Crippen molar-refractivity contribution in [1.82, 2.24) is 4.98 Å². The lowest BCUT2D eigenvalue weighted by Gasteiger charge is -2.07. The molecule has 0 bridgehead atoms. The lowest BCUT2D eigenvalue weighted by Crippen LogP contribution is -2.15. The highest BCUT2D eigenvalue weighted by molar-refractivity contribution is 9.10. The average Bonchev–Trinajstić information content (AvgIpc) is 2.41. The number of halogens is 1. The van der Waals surface area contributed by atoms with E-state index in [1.807, 2.05) is 18.2 Å². The summed E-state index contributed by atoms with van der Waals surface area (Å²) in [4.78, 5) is 16.0. The van der Waals surface area contributed by atoms with Crippen molar-refractivity contribution in [2.24, 2.45) is 5.84 Å². The zero-order valence-corrected chi connectivity index (χ0v) is 10.9. The molecule has 0 radical (unpaired) electrons. The number of pyridine rings is 1. The Morgan fingerprint density at radius 1 is 1.28 bits per heavy atom. The minimum Gasteiger partial charge on any atom is -0.324 e. The van der Waals surface area contributed by atoms with Gasteiger partial charge in [-0.05, 0) is 40.2 Å². The average molecular weight is 307 g/mol. The van der Waals surface area contributed by atoms with Gasteiger partial charge in [-0.1, -0.05) is 12.1 Å². The molecule has 92 valence electrons. The minimum absolute atomic E-state index is 0.293. The van der Waals surface area contributed by atoms with Crippen LogP contribution >= 0.6 is 15.9 Å². The molecule has 0 fully saturated rings. The van der Waals surface area contributed by atoms with E-state index in [0.717, 1.165) is 4.47 Å². The fourth-order valence-corrected chi connectivity index (χ4v) is 1.78. The quantitative estimate of drug-likeness (QED) is 0.601. The maximum Gasteiger partial charge on any atom is 0.274 e. The highest BCUT2D eigenvalue weighted by atomic mass is 79.9. The molecule has 6 heteroatoms. The minimum atomic E-state index is -0.293. The topological polar surface area (TPSA) is 80.0 Å². The van der Waals surface area contributed by atoms with E-state index in [9.17, 15) is 4.79 Å². The summed E-state index contributed by atoms with van der Waals surface area (Å²) in [5.41, 5.74) is 4.08. The van der Waals surface area contributed by atoms with Crippen LogP contribution in [0.3, 0.4) is 0 Å². The summed E-state index contributed by atoms with van der Waals surface area (Å²) >= 11 is 3.36. The van der Waals surface area contributed by atoms with E-state index in [4.69, 9.17) is 5.84 Å². The number of benzene rings is 1. The number of aromatic nitrogens is 1. The van der Waals surface area contributed by atoms with Gasteiger partial charge in [0.25, 0.3) is 5.91 Å². The molecule has 1 aromatic heterocycles. The zero-order valence-electron chi connectivity index (χ0n) is 9.35. The van der Waals surface area contributed by atoms with E-state index < -0.39 is 0 Å². The summed E-state index contributed by atoms with van der Waals surface area (Å²) in [6.07, 6.45) is 1.52. The normalized spacial score (nSPS) is 9.89. The first-order chi connectivity index (χ1) is 8.70. The Morgan fingerprint density at radius 3 is 2.78 bits per heavy atom. The second-order valence-corrected chi connectivity index (χ2v) is 4.36. The molecule has 0 aliphatic heterocycles. The van der Waals surface area contributed by atoms with Crippen LogP contribution in [0.15, 0.2) is 47.1 Å². The molecule has 2 aromatic rings. The molecular weight excluding hydrogens is 296 g/mol. The van der Waals surface area contributed by atoms with Gasteiger partial charge in [-0.25, -0.2) is 0 Å². The summed E-state index contributed by atoms with van der Waals surface area (Å²) in [6.45, 7) is 0. The highest BCUT2D eigenvalue weighted by Gasteiger charge is 2.09. The molecule has 0 spiro atoms. The van der Waals surface area contributed by atoms with E-state index >= 15 is 0 Å². The highest BCUT2D eigenvalue weighted by Crippen LogP contribution is 2.21. The summed E-state index contributed by atoms with van der Waals surface area (Å²) < 4.78 is 0.812. The van der Waals surface area contributed by atoms with Gasteiger partial charge in [0.2, 0.25) is 0 Å². The summed E-state index contributed by atoms with van der Waals surface area (Å²) in [6, 6.07) is 10.6. The first-order valence-electron chi connectivity index (χ1n) is 5.19. The first-order valence-corrected chi connectivity index (χ1v) is 5.98. The number of carbonyl (C=O) groups is 1. The van der Waals surface area contributed by atoms with Crippen LogP contribution < -0.4 is 16.6 Å². The fourth-order valence-electron chi connectivity index (χ4n) is 1.39. The predicted molar refractivity (Wildman–Crippen MR) is 74.1 cm³/mol. The van der Waals surface area contributed by atoms with Crippen molar-refractivity contribution in [3.8, 4) is 0 Å². The molecule has 0 aliphatic carbocycles. The van der Waals surface area contributed by atoms with Crippen LogP contribution in [0.25, 0.3) is 0 Å². The van der Waals surface area contributed by atoms with Gasteiger partial charge in [-0.15, -0.1) is 0 Å². The Morgan fingerprint density at radius 2 is 2.06 bits per heavy atom. The first kappa shape index (κ1) is 12.5. The Hall–Kier alpha value is -1.92. The van der Waals surface area contributed by atoms with Gasteiger partial charge in [0, 0.05) is 10.7 Å². The van der Waals surface area contributed by atoms with Crippen LogP contribution in [-0.2, 0) is 0 Å². The van der Waals surface area contributed by atoms with E-state index in [1.54, 1.807) is 18.2 Å². The number of nitrogens with zero attached hydrogens (tertiary/aromatic N) is 1. The maximum atomic E-state index is 12.0. The van der Waals surface area contributed by atoms with Crippen LogP contribution in [-0.4, -0.2) is 10.9 Å². The van der Waals surface area contributed by atoms with E-state index in [-0.39, 0.29) is 5.91 Å². The number of nitrogens with two attached hydrogens (primary N) is 1. The Kier molecular flexibility index (Phi) is 3.91. The third kappa shape index (κ3) is 2.85. The molecule has 0 unspecified atom stereocenters.